The molecule has 0 aliphatic carbocycles. The molecule has 7 heteroatoms. The van der Waals surface area contributed by atoms with Gasteiger partial charge in [0.05, 0.1) is 6.54 Å². The van der Waals surface area contributed by atoms with Crippen LogP contribution in [0.2, 0.25) is 0 Å². The highest BCUT2D eigenvalue weighted by atomic mass is 16.2. The predicted molar refractivity (Wildman–Crippen MR) is 102 cm³/mol. The first-order valence-corrected chi connectivity index (χ1v) is 9.03. The van der Waals surface area contributed by atoms with Crippen molar-refractivity contribution >= 4 is 17.1 Å². The lowest BCUT2D eigenvalue weighted by molar-refractivity contribution is 0.563. The van der Waals surface area contributed by atoms with Gasteiger partial charge in [-0.3, -0.25) is 13.9 Å². The molecule has 3 aromatic rings. The van der Waals surface area contributed by atoms with Crippen molar-refractivity contribution in [1.29, 1.82) is 0 Å². The summed E-state index contributed by atoms with van der Waals surface area (Å²) in [5, 5.41) is 0. The van der Waals surface area contributed by atoms with Crippen LogP contribution >= 0.6 is 0 Å². The monoisotopic (exact) mass is 353 g/mol. The third kappa shape index (κ3) is 2.64. The fourth-order valence-electron chi connectivity index (χ4n) is 3.70. The molecule has 0 atom stereocenters. The van der Waals surface area contributed by atoms with Gasteiger partial charge in [0, 0.05) is 27.2 Å². The molecule has 1 aromatic carbocycles. The van der Waals surface area contributed by atoms with Gasteiger partial charge in [-0.2, -0.15) is 4.98 Å². The van der Waals surface area contributed by atoms with Crippen LogP contribution in [0, 0.1) is 0 Å². The summed E-state index contributed by atoms with van der Waals surface area (Å²) in [4.78, 5) is 32.5. The highest BCUT2D eigenvalue weighted by Crippen LogP contribution is 2.22. The van der Waals surface area contributed by atoms with Crippen molar-refractivity contribution in [3.05, 3.63) is 56.7 Å². The molecule has 0 spiro atoms. The number of aromatic nitrogens is 4. The topological polar surface area (TPSA) is 65.1 Å². The molecule has 0 N–H and O–H groups in total. The largest absolute Gasteiger partial charge is 0.342 e. The first-order chi connectivity index (χ1) is 12.6. The average Bonchev–Trinajstić information content (AvgIpc) is 3.02. The number of anilines is 1. The molecule has 1 saturated heterocycles. The molecule has 0 unspecified atom stereocenters. The number of rotatable bonds is 3. The zero-order valence-electron chi connectivity index (χ0n) is 15.2. The van der Waals surface area contributed by atoms with Gasteiger partial charge in [-0.05, 0) is 24.8 Å². The van der Waals surface area contributed by atoms with Crippen LogP contribution in [-0.4, -0.2) is 31.8 Å². The van der Waals surface area contributed by atoms with E-state index in [-0.39, 0.29) is 11.2 Å². The molecule has 2 aromatic heterocycles. The Bertz CT molecular complexity index is 1060. The van der Waals surface area contributed by atoms with Crippen LogP contribution in [0.15, 0.2) is 39.9 Å². The molecule has 26 heavy (non-hydrogen) atoms. The zero-order valence-corrected chi connectivity index (χ0v) is 15.2. The smallest absolute Gasteiger partial charge is 0.332 e. The lowest BCUT2D eigenvalue weighted by atomic mass is 10.1. The van der Waals surface area contributed by atoms with Crippen molar-refractivity contribution in [2.45, 2.75) is 25.8 Å². The number of nitrogens with zero attached hydrogens (tertiary/aromatic N) is 5. The van der Waals surface area contributed by atoms with E-state index in [9.17, 15) is 9.59 Å². The third-order valence-corrected chi connectivity index (χ3v) is 5.16. The SMILES string of the molecule is Cn1c(=O)c2c(nc(N3CCCCC3)n2C)n(Cc2ccccc2)c1=O. The maximum Gasteiger partial charge on any atom is 0.332 e. The Hall–Kier alpha value is -2.83. The van der Waals surface area contributed by atoms with Crippen molar-refractivity contribution < 1.29 is 0 Å². The summed E-state index contributed by atoms with van der Waals surface area (Å²) in [5.74, 6) is 0.768. The van der Waals surface area contributed by atoms with Gasteiger partial charge in [0.1, 0.15) is 0 Å². The lowest BCUT2D eigenvalue weighted by Gasteiger charge is -2.27. The van der Waals surface area contributed by atoms with Gasteiger partial charge in [-0.15, -0.1) is 0 Å². The Morgan fingerprint density at radius 1 is 0.962 bits per heavy atom. The molecule has 7 nitrogen and oxygen atoms in total. The predicted octanol–water partition coefficient (Wildman–Crippen LogP) is 1.47. The molecule has 0 bridgehead atoms. The zero-order chi connectivity index (χ0) is 18.3. The minimum Gasteiger partial charge on any atom is -0.342 e. The van der Waals surface area contributed by atoms with E-state index in [2.05, 4.69) is 4.90 Å². The first-order valence-electron chi connectivity index (χ1n) is 9.03. The Balaban J connectivity index is 1.93. The normalized spacial score (nSPS) is 14.9. The minimum atomic E-state index is -0.338. The summed E-state index contributed by atoms with van der Waals surface area (Å²) in [6, 6.07) is 9.77. The van der Waals surface area contributed by atoms with E-state index in [4.69, 9.17) is 4.98 Å². The Morgan fingerprint density at radius 2 is 1.65 bits per heavy atom. The highest BCUT2D eigenvalue weighted by molar-refractivity contribution is 5.74. The molecule has 0 saturated carbocycles. The van der Waals surface area contributed by atoms with Gasteiger partial charge in [-0.25, -0.2) is 4.79 Å². The van der Waals surface area contributed by atoms with E-state index >= 15 is 0 Å². The van der Waals surface area contributed by atoms with Crippen molar-refractivity contribution in [3.8, 4) is 0 Å². The van der Waals surface area contributed by atoms with E-state index in [1.54, 1.807) is 4.57 Å². The Morgan fingerprint density at radius 3 is 2.35 bits per heavy atom. The number of piperidine rings is 1. The summed E-state index contributed by atoms with van der Waals surface area (Å²) in [5.41, 5.74) is 1.30. The van der Waals surface area contributed by atoms with Gasteiger partial charge in [0.25, 0.3) is 5.56 Å². The maximum absolute atomic E-state index is 12.8. The molecule has 1 fully saturated rings. The van der Waals surface area contributed by atoms with Gasteiger partial charge in [0.2, 0.25) is 5.95 Å². The molecule has 0 amide bonds. The van der Waals surface area contributed by atoms with Gasteiger partial charge < -0.3 is 9.47 Å². The lowest BCUT2D eigenvalue weighted by Crippen LogP contribution is -2.38. The number of aryl methyl sites for hydroxylation is 1. The third-order valence-electron chi connectivity index (χ3n) is 5.16. The second kappa shape index (κ2) is 6.48. The summed E-state index contributed by atoms with van der Waals surface area (Å²) >= 11 is 0. The van der Waals surface area contributed by atoms with Gasteiger partial charge in [-0.1, -0.05) is 30.3 Å². The molecule has 136 valence electrons. The van der Waals surface area contributed by atoms with Crippen LogP contribution in [0.1, 0.15) is 24.8 Å². The van der Waals surface area contributed by atoms with Crippen LogP contribution in [0.4, 0.5) is 5.95 Å². The van der Waals surface area contributed by atoms with E-state index in [1.807, 2.05) is 41.9 Å². The number of hydrogen-bond acceptors (Lipinski definition) is 4. The Kier molecular flexibility index (Phi) is 4.14. The van der Waals surface area contributed by atoms with Gasteiger partial charge >= 0.3 is 5.69 Å². The maximum atomic E-state index is 12.8. The van der Waals surface area contributed by atoms with E-state index in [1.165, 1.54) is 18.0 Å². The molecular formula is C19H23N5O2. The number of imidazole rings is 1. The molecular weight excluding hydrogens is 330 g/mol. The number of fused-ring (bicyclic) bond motifs is 1. The van der Waals surface area contributed by atoms with Crippen molar-refractivity contribution in [1.82, 2.24) is 18.7 Å². The molecule has 4 rings (SSSR count). The Labute approximate surface area is 151 Å². The summed E-state index contributed by atoms with van der Waals surface area (Å²) in [6.07, 6.45) is 3.47. The van der Waals surface area contributed by atoms with Crippen LogP contribution in [0.25, 0.3) is 11.2 Å². The van der Waals surface area contributed by atoms with Crippen molar-refractivity contribution in [2.75, 3.05) is 18.0 Å². The minimum absolute atomic E-state index is 0.299. The van der Waals surface area contributed by atoms with Crippen LogP contribution in [0.5, 0.6) is 0 Å². The fraction of sp³-hybridized carbons (Fsp3) is 0.421. The molecule has 1 aliphatic rings. The first kappa shape index (κ1) is 16.6. The van der Waals surface area contributed by atoms with Crippen LogP contribution in [-0.2, 0) is 20.6 Å². The molecule has 1 aliphatic heterocycles. The number of hydrogen-bond donors (Lipinski definition) is 0. The average molecular weight is 353 g/mol. The second-order valence-corrected chi connectivity index (χ2v) is 6.91. The van der Waals surface area contributed by atoms with E-state index < -0.39 is 0 Å². The quantitative estimate of drug-likeness (QED) is 0.715. The fourth-order valence-corrected chi connectivity index (χ4v) is 3.70. The summed E-state index contributed by atoms with van der Waals surface area (Å²) in [7, 11) is 3.39. The van der Waals surface area contributed by atoms with E-state index in [0.29, 0.717) is 17.7 Å². The second-order valence-electron chi connectivity index (χ2n) is 6.91. The van der Waals surface area contributed by atoms with Crippen molar-refractivity contribution in [2.24, 2.45) is 14.1 Å². The molecule has 3 heterocycles. The molecule has 0 radical (unpaired) electrons. The standard InChI is InChI=1S/C19H23N5O2/c1-21-15-16(20-18(21)23-11-7-4-8-12-23)24(19(26)22(2)17(15)25)13-14-9-5-3-6-10-14/h3,5-6,9-10H,4,7-8,11-13H2,1-2H3. The number of benzene rings is 1. The summed E-state index contributed by atoms with van der Waals surface area (Å²) in [6.45, 7) is 2.25. The van der Waals surface area contributed by atoms with E-state index in [0.717, 1.165) is 37.4 Å². The van der Waals surface area contributed by atoms with Crippen LogP contribution in [0.3, 0.4) is 0 Å². The van der Waals surface area contributed by atoms with Crippen LogP contribution < -0.4 is 16.1 Å². The van der Waals surface area contributed by atoms with Crippen molar-refractivity contribution in [3.63, 3.8) is 0 Å². The van der Waals surface area contributed by atoms with Gasteiger partial charge in [0.15, 0.2) is 11.2 Å². The highest BCUT2D eigenvalue weighted by Gasteiger charge is 2.22. The summed E-state index contributed by atoms with van der Waals surface area (Å²) < 4.78 is 4.61.